The van der Waals surface area contributed by atoms with Crippen LogP contribution in [0, 0.1) is 0 Å². The molecule has 0 aromatic heterocycles. The molecule has 0 amide bonds. The van der Waals surface area contributed by atoms with E-state index in [1.807, 2.05) is 34.9 Å². The largest absolute Gasteiger partial charge is 0.355 e. The van der Waals surface area contributed by atoms with Crippen LogP contribution < -0.4 is 10.9 Å². The molecule has 27 heavy (non-hydrogen) atoms. The second-order valence-electron chi connectivity index (χ2n) is 6.86. The molecular weight excluding hydrogens is 379 g/mol. The molecule has 2 heterocycles. The summed E-state index contributed by atoms with van der Waals surface area (Å²) >= 11 is 12.5. The lowest BCUT2D eigenvalue weighted by Crippen LogP contribution is -2.21. The van der Waals surface area contributed by atoms with Gasteiger partial charge in [0.2, 0.25) is 0 Å². The van der Waals surface area contributed by atoms with Gasteiger partial charge in [0.15, 0.2) is 0 Å². The van der Waals surface area contributed by atoms with Gasteiger partial charge in [-0.05, 0) is 37.1 Å². The fourth-order valence-corrected chi connectivity index (χ4v) is 4.50. The maximum Gasteiger partial charge on any atom is 0.259 e. The summed E-state index contributed by atoms with van der Waals surface area (Å²) in [5.74, 6) is 0. The maximum absolute atomic E-state index is 13.2. The summed E-state index contributed by atoms with van der Waals surface area (Å²) in [5.41, 5.74) is 4.59. The molecule has 2 aromatic rings. The molecule has 0 bridgehead atoms. The zero-order valence-electron chi connectivity index (χ0n) is 15.3. The molecule has 2 aliphatic heterocycles. The monoisotopic (exact) mass is 398 g/mol. The summed E-state index contributed by atoms with van der Waals surface area (Å²) in [6, 6.07) is 11.4. The Morgan fingerprint density at radius 3 is 2.44 bits per heavy atom. The molecule has 0 saturated heterocycles. The summed E-state index contributed by atoms with van der Waals surface area (Å²) in [7, 11) is 0. The maximum atomic E-state index is 13.2. The van der Waals surface area contributed by atoms with E-state index in [2.05, 4.69) is 25.4 Å². The van der Waals surface area contributed by atoms with Crippen LogP contribution in [-0.2, 0) is 0 Å². The summed E-state index contributed by atoms with van der Waals surface area (Å²) in [4.78, 5) is 16.5. The number of aromatic nitrogens is 2. The SMILES string of the molecule is C=c1cc2n(C(CC)CC)c(=O)c3ccc(-c4ccc(Cl)cc4Cl)c([nH]1)c3-2. The van der Waals surface area contributed by atoms with E-state index in [4.69, 9.17) is 23.2 Å². The van der Waals surface area contributed by atoms with Gasteiger partial charge in [-0.25, -0.2) is 0 Å². The summed E-state index contributed by atoms with van der Waals surface area (Å²) in [6.07, 6.45) is 1.80. The van der Waals surface area contributed by atoms with E-state index in [1.54, 1.807) is 6.07 Å². The Morgan fingerprint density at radius 1 is 1.07 bits per heavy atom. The molecule has 2 aliphatic rings. The molecule has 0 fully saturated rings. The number of pyridine rings is 1. The molecule has 3 nitrogen and oxygen atoms in total. The first kappa shape index (κ1) is 18.1. The van der Waals surface area contributed by atoms with Crippen LogP contribution in [-0.4, -0.2) is 9.55 Å². The molecule has 5 heteroatoms. The van der Waals surface area contributed by atoms with Crippen LogP contribution in [0.5, 0.6) is 0 Å². The van der Waals surface area contributed by atoms with Crippen LogP contribution in [0.25, 0.3) is 39.9 Å². The number of halogens is 2. The smallest absolute Gasteiger partial charge is 0.259 e. The van der Waals surface area contributed by atoms with Crippen molar-refractivity contribution in [2.75, 3.05) is 0 Å². The van der Waals surface area contributed by atoms with Crippen molar-refractivity contribution < 1.29 is 0 Å². The van der Waals surface area contributed by atoms with E-state index in [1.165, 1.54) is 0 Å². The van der Waals surface area contributed by atoms with E-state index >= 15 is 0 Å². The third-order valence-electron chi connectivity index (χ3n) is 5.30. The number of H-pyrrole nitrogens is 1. The third-order valence-corrected chi connectivity index (χ3v) is 5.84. The lowest BCUT2D eigenvalue weighted by Gasteiger charge is -2.18. The Morgan fingerprint density at radius 2 is 1.78 bits per heavy atom. The lowest BCUT2D eigenvalue weighted by molar-refractivity contribution is 0.469. The van der Waals surface area contributed by atoms with E-state index in [0.29, 0.717) is 10.0 Å². The van der Waals surface area contributed by atoms with Crippen molar-refractivity contribution in [3.05, 3.63) is 62.1 Å². The van der Waals surface area contributed by atoms with Crippen molar-refractivity contribution in [3.63, 3.8) is 0 Å². The molecule has 0 atom stereocenters. The minimum Gasteiger partial charge on any atom is -0.355 e. The van der Waals surface area contributed by atoms with Gasteiger partial charge >= 0.3 is 0 Å². The lowest BCUT2D eigenvalue weighted by atomic mass is 9.97. The molecule has 2 aromatic carbocycles. The molecule has 1 N–H and O–H groups in total. The van der Waals surface area contributed by atoms with E-state index in [-0.39, 0.29) is 11.6 Å². The van der Waals surface area contributed by atoms with Crippen molar-refractivity contribution >= 4 is 40.7 Å². The van der Waals surface area contributed by atoms with Crippen LogP contribution >= 0.6 is 23.2 Å². The average molecular weight is 399 g/mol. The molecule has 0 aliphatic carbocycles. The van der Waals surface area contributed by atoms with Gasteiger partial charge in [0.05, 0.1) is 16.6 Å². The van der Waals surface area contributed by atoms with Crippen LogP contribution in [0.4, 0.5) is 0 Å². The fraction of sp³-hybridized carbons (Fsp3) is 0.227. The van der Waals surface area contributed by atoms with Crippen LogP contribution in [0.2, 0.25) is 10.0 Å². The van der Waals surface area contributed by atoms with Crippen LogP contribution in [0.3, 0.4) is 0 Å². The average Bonchev–Trinajstić information content (AvgIpc) is 2.91. The number of hydrogen-bond donors (Lipinski definition) is 1. The zero-order chi connectivity index (χ0) is 19.3. The number of nitrogens with one attached hydrogen (secondary N) is 1. The highest BCUT2D eigenvalue weighted by Gasteiger charge is 2.25. The van der Waals surface area contributed by atoms with Crippen molar-refractivity contribution in [2.24, 2.45) is 0 Å². The highest BCUT2D eigenvalue weighted by molar-refractivity contribution is 6.36. The number of benzene rings is 2. The molecule has 138 valence electrons. The first-order valence-corrected chi connectivity index (χ1v) is 9.85. The summed E-state index contributed by atoms with van der Waals surface area (Å²) in [6.45, 7) is 8.32. The predicted octanol–water partition coefficient (Wildman–Crippen LogP) is 5.90. The molecule has 4 rings (SSSR count). The topological polar surface area (TPSA) is 37.8 Å². The quantitative estimate of drug-likeness (QED) is 0.456. The van der Waals surface area contributed by atoms with Gasteiger partial charge in [-0.3, -0.25) is 4.79 Å². The minimum atomic E-state index is 0.0523. The second-order valence-corrected chi connectivity index (χ2v) is 7.70. The molecule has 0 unspecified atom stereocenters. The van der Waals surface area contributed by atoms with Crippen molar-refractivity contribution in [3.8, 4) is 22.4 Å². The van der Waals surface area contributed by atoms with E-state index in [0.717, 1.165) is 51.5 Å². The fourth-order valence-electron chi connectivity index (χ4n) is 3.99. The standard InChI is InChI=1S/C22H20Cl2N2O/c1-4-14(5-2)26-19-10-12(3)25-21-16(8-9-17(20(19)21)22(26)27)15-7-6-13(23)11-18(15)24/h6-11,14,25H,3-5H2,1-2H3. The Kier molecular flexibility index (Phi) is 4.53. The highest BCUT2D eigenvalue weighted by Crippen LogP contribution is 2.40. The minimum absolute atomic E-state index is 0.0523. The Bertz CT molecular complexity index is 1220. The van der Waals surface area contributed by atoms with Crippen LogP contribution in [0.1, 0.15) is 32.7 Å². The molecular formula is C22H20Cl2N2O. The zero-order valence-corrected chi connectivity index (χ0v) is 16.8. The van der Waals surface area contributed by atoms with Crippen molar-refractivity contribution in [2.45, 2.75) is 32.7 Å². The predicted molar refractivity (Wildman–Crippen MR) is 115 cm³/mol. The van der Waals surface area contributed by atoms with Crippen molar-refractivity contribution in [1.29, 1.82) is 0 Å². The van der Waals surface area contributed by atoms with Gasteiger partial charge < -0.3 is 9.55 Å². The van der Waals surface area contributed by atoms with Gasteiger partial charge in [-0.2, -0.15) is 0 Å². The summed E-state index contributed by atoms with van der Waals surface area (Å²) < 4.78 is 1.92. The van der Waals surface area contributed by atoms with Gasteiger partial charge in [0, 0.05) is 38.1 Å². The van der Waals surface area contributed by atoms with Gasteiger partial charge in [0.1, 0.15) is 0 Å². The van der Waals surface area contributed by atoms with Gasteiger partial charge in [0.25, 0.3) is 5.56 Å². The van der Waals surface area contributed by atoms with Gasteiger partial charge in [-0.1, -0.05) is 55.8 Å². The number of rotatable bonds is 4. The van der Waals surface area contributed by atoms with Crippen molar-refractivity contribution in [1.82, 2.24) is 9.55 Å². The Balaban J connectivity index is 2.10. The Hall–Kier alpha value is -2.23. The number of hydrogen-bond acceptors (Lipinski definition) is 1. The number of nitrogens with zero attached hydrogens (tertiary/aromatic N) is 1. The third kappa shape index (κ3) is 2.77. The molecule has 0 spiro atoms. The van der Waals surface area contributed by atoms with E-state index < -0.39 is 0 Å². The first-order chi connectivity index (χ1) is 13.0. The Labute approximate surface area is 167 Å². The van der Waals surface area contributed by atoms with Crippen LogP contribution in [0.15, 0.2) is 41.2 Å². The number of aromatic amines is 1. The van der Waals surface area contributed by atoms with E-state index in [9.17, 15) is 4.79 Å². The second kappa shape index (κ2) is 6.74. The molecule has 0 saturated carbocycles. The first-order valence-electron chi connectivity index (χ1n) is 9.10. The summed E-state index contributed by atoms with van der Waals surface area (Å²) in [5, 5.41) is 2.64. The normalized spacial score (nSPS) is 11.9. The highest BCUT2D eigenvalue weighted by atomic mass is 35.5. The van der Waals surface area contributed by atoms with Gasteiger partial charge in [-0.15, -0.1) is 0 Å². The molecule has 0 radical (unpaired) electrons.